The van der Waals surface area contributed by atoms with Gasteiger partial charge in [-0.2, -0.15) is 0 Å². The number of nitrogens with zero attached hydrogens (tertiary/aromatic N) is 2. The Hall–Kier alpha value is -2.62. The highest BCUT2D eigenvalue weighted by atomic mass is 79.9. The highest BCUT2D eigenvalue weighted by Crippen LogP contribution is 2.29. The summed E-state index contributed by atoms with van der Waals surface area (Å²) in [6, 6.07) is 14.9. The number of sulfonamides is 1. The number of hydrogen-bond acceptors (Lipinski definition) is 5. The number of rotatable bonds is 6. The lowest BCUT2D eigenvalue weighted by molar-refractivity contribution is 0.0369. The number of carbonyl (C=O) groups is 1. The van der Waals surface area contributed by atoms with Crippen molar-refractivity contribution in [1.29, 1.82) is 0 Å². The van der Waals surface area contributed by atoms with Crippen LogP contribution >= 0.6 is 15.9 Å². The molecule has 0 saturated carbocycles. The second-order valence-electron chi connectivity index (χ2n) is 6.53. The van der Waals surface area contributed by atoms with E-state index in [9.17, 15) is 17.6 Å². The van der Waals surface area contributed by atoms with Gasteiger partial charge in [-0.05, 0) is 58.4 Å². The van der Waals surface area contributed by atoms with E-state index in [1.807, 2.05) is 0 Å². The van der Waals surface area contributed by atoms with E-state index < -0.39 is 27.9 Å². The van der Waals surface area contributed by atoms with Crippen molar-refractivity contribution in [2.75, 3.05) is 14.1 Å². The minimum absolute atomic E-state index is 0.0379. The van der Waals surface area contributed by atoms with Crippen molar-refractivity contribution in [2.45, 2.75) is 11.0 Å². The van der Waals surface area contributed by atoms with Crippen molar-refractivity contribution in [3.63, 3.8) is 0 Å². The van der Waals surface area contributed by atoms with Gasteiger partial charge in [-0.25, -0.2) is 21.9 Å². The van der Waals surface area contributed by atoms with Crippen LogP contribution in [0.1, 0.15) is 27.7 Å². The molecule has 0 saturated heterocycles. The van der Waals surface area contributed by atoms with E-state index in [1.54, 1.807) is 24.3 Å². The van der Waals surface area contributed by atoms with Crippen LogP contribution in [0.2, 0.25) is 0 Å². The Morgan fingerprint density at radius 3 is 2.50 bits per heavy atom. The monoisotopic (exact) mass is 492 g/mol. The van der Waals surface area contributed by atoms with E-state index in [2.05, 4.69) is 20.9 Å². The number of esters is 1. The van der Waals surface area contributed by atoms with Crippen molar-refractivity contribution in [3.05, 3.63) is 94.0 Å². The van der Waals surface area contributed by atoms with Crippen LogP contribution in [0.3, 0.4) is 0 Å². The molecule has 0 aliphatic heterocycles. The molecule has 3 aromatic rings. The molecule has 1 heterocycles. The van der Waals surface area contributed by atoms with Gasteiger partial charge in [-0.1, -0.05) is 18.2 Å². The minimum Gasteiger partial charge on any atom is -0.447 e. The fraction of sp³-hybridized carbons (Fsp3) is 0.143. The molecule has 1 unspecified atom stereocenters. The summed E-state index contributed by atoms with van der Waals surface area (Å²) in [5.41, 5.74) is 0.853. The van der Waals surface area contributed by atoms with E-state index in [0.717, 1.165) is 4.31 Å². The van der Waals surface area contributed by atoms with Gasteiger partial charge in [0.25, 0.3) is 0 Å². The molecule has 0 N–H and O–H groups in total. The van der Waals surface area contributed by atoms with Crippen LogP contribution in [0.5, 0.6) is 0 Å². The lowest BCUT2D eigenvalue weighted by Crippen LogP contribution is -2.23. The van der Waals surface area contributed by atoms with Crippen LogP contribution in [0.25, 0.3) is 0 Å². The number of carbonyl (C=O) groups excluding carboxylic acids is 1. The van der Waals surface area contributed by atoms with Crippen molar-refractivity contribution < 1.29 is 22.3 Å². The van der Waals surface area contributed by atoms with Gasteiger partial charge in [0, 0.05) is 30.3 Å². The molecule has 0 spiro atoms. The van der Waals surface area contributed by atoms with E-state index in [1.165, 1.54) is 56.7 Å². The molecule has 2 aromatic carbocycles. The number of hydrogen-bond donors (Lipinski definition) is 0. The van der Waals surface area contributed by atoms with E-state index in [0.29, 0.717) is 15.7 Å². The summed E-state index contributed by atoms with van der Waals surface area (Å²) in [5, 5.41) is 0. The van der Waals surface area contributed by atoms with Crippen LogP contribution in [-0.2, 0) is 14.8 Å². The summed E-state index contributed by atoms with van der Waals surface area (Å²) < 4.78 is 45.8. The molecule has 156 valence electrons. The summed E-state index contributed by atoms with van der Waals surface area (Å²) in [7, 11) is -0.992. The van der Waals surface area contributed by atoms with Gasteiger partial charge < -0.3 is 4.74 Å². The Bertz CT molecular complexity index is 1170. The molecule has 0 aliphatic carbocycles. The van der Waals surface area contributed by atoms with Crippen LogP contribution in [0.15, 0.2) is 76.2 Å². The lowest BCUT2D eigenvalue weighted by atomic mass is 10.1. The first-order chi connectivity index (χ1) is 14.2. The molecule has 1 atom stereocenters. The maximum atomic E-state index is 13.8. The zero-order valence-electron chi connectivity index (χ0n) is 16.1. The maximum Gasteiger partial charge on any atom is 0.339 e. The van der Waals surface area contributed by atoms with Gasteiger partial charge in [0.2, 0.25) is 10.0 Å². The second kappa shape index (κ2) is 9.03. The first kappa shape index (κ1) is 22.1. The fourth-order valence-corrected chi connectivity index (χ4v) is 4.54. The van der Waals surface area contributed by atoms with Crippen LogP contribution in [0, 0.1) is 5.82 Å². The largest absolute Gasteiger partial charge is 0.447 e. The number of benzene rings is 2. The Kier molecular flexibility index (Phi) is 6.64. The zero-order valence-corrected chi connectivity index (χ0v) is 18.5. The Labute approximate surface area is 182 Å². The number of ether oxygens (including phenoxy) is 1. The molecule has 0 amide bonds. The molecule has 9 heteroatoms. The number of pyridine rings is 1. The lowest BCUT2D eigenvalue weighted by Gasteiger charge is -2.19. The van der Waals surface area contributed by atoms with E-state index in [-0.39, 0.29) is 10.5 Å². The summed E-state index contributed by atoms with van der Waals surface area (Å²) in [4.78, 5) is 17.0. The van der Waals surface area contributed by atoms with Gasteiger partial charge in [0.05, 0.1) is 16.2 Å². The molecule has 0 fully saturated rings. The minimum atomic E-state index is -3.79. The molecule has 6 nitrogen and oxygen atoms in total. The maximum absolute atomic E-state index is 13.8. The summed E-state index contributed by atoms with van der Waals surface area (Å²) in [6.07, 6.45) is 0.573. The highest BCUT2D eigenvalue weighted by Gasteiger charge is 2.25. The summed E-state index contributed by atoms with van der Waals surface area (Å²) in [5.74, 6) is -1.25. The normalized spacial score (nSPS) is 12.6. The molecule has 0 radical (unpaired) electrons. The molecule has 1 aromatic heterocycles. The SMILES string of the molecule is CN(C)S(=O)(=O)c1cc(C(=O)OC(c2cccc(F)c2)c2ccccn2)ccc1Br. The average molecular weight is 493 g/mol. The van der Waals surface area contributed by atoms with Gasteiger partial charge in [-0.15, -0.1) is 0 Å². The first-order valence-corrected chi connectivity index (χ1v) is 11.0. The predicted molar refractivity (Wildman–Crippen MR) is 113 cm³/mol. The Balaban J connectivity index is 1.99. The Morgan fingerprint density at radius 2 is 1.87 bits per heavy atom. The standard InChI is InChI=1S/C21H18BrFN2O4S/c1-25(2)30(27,28)19-13-15(9-10-17(19)22)21(26)29-20(18-8-3-4-11-24-18)14-6-5-7-16(23)12-14/h3-13,20H,1-2H3. The van der Waals surface area contributed by atoms with Gasteiger partial charge in [0.1, 0.15) is 5.82 Å². The van der Waals surface area contributed by atoms with Gasteiger partial charge in [-0.3, -0.25) is 4.98 Å². The fourth-order valence-electron chi connectivity index (χ4n) is 2.70. The van der Waals surface area contributed by atoms with Crippen LogP contribution in [-0.4, -0.2) is 37.8 Å². The van der Waals surface area contributed by atoms with Crippen molar-refractivity contribution in [3.8, 4) is 0 Å². The first-order valence-electron chi connectivity index (χ1n) is 8.79. The second-order valence-corrected chi connectivity index (χ2v) is 9.50. The molecular formula is C21H18BrFN2O4S. The summed E-state index contributed by atoms with van der Waals surface area (Å²) in [6.45, 7) is 0. The third-order valence-corrected chi connectivity index (χ3v) is 7.07. The molecular weight excluding hydrogens is 475 g/mol. The van der Waals surface area contributed by atoms with E-state index in [4.69, 9.17) is 4.74 Å². The number of aromatic nitrogens is 1. The van der Waals surface area contributed by atoms with Gasteiger partial charge in [0.15, 0.2) is 6.10 Å². The average Bonchev–Trinajstić information content (AvgIpc) is 2.72. The zero-order chi connectivity index (χ0) is 21.9. The topological polar surface area (TPSA) is 76.6 Å². The Morgan fingerprint density at radius 1 is 1.10 bits per heavy atom. The van der Waals surface area contributed by atoms with Crippen LogP contribution < -0.4 is 0 Å². The smallest absolute Gasteiger partial charge is 0.339 e. The quantitative estimate of drug-likeness (QED) is 0.482. The summed E-state index contributed by atoms with van der Waals surface area (Å²) >= 11 is 3.21. The molecule has 3 rings (SSSR count). The van der Waals surface area contributed by atoms with Crippen molar-refractivity contribution in [2.24, 2.45) is 0 Å². The highest BCUT2D eigenvalue weighted by molar-refractivity contribution is 9.10. The van der Waals surface area contributed by atoms with Gasteiger partial charge >= 0.3 is 5.97 Å². The van der Waals surface area contributed by atoms with E-state index >= 15 is 0 Å². The van der Waals surface area contributed by atoms with Crippen molar-refractivity contribution >= 4 is 31.9 Å². The molecule has 0 bridgehead atoms. The molecule has 30 heavy (non-hydrogen) atoms. The molecule has 0 aliphatic rings. The van der Waals surface area contributed by atoms with Crippen LogP contribution in [0.4, 0.5) is 4.39 Å². The number of halogens is 2. The van der Waals surface area contributed by atoms with Crippen molar-refractivity contribution in [1.82, 2.24) is 9.29 Å². The third-order valence-electron chi connectivity index (χ3n) is 4.26. The third kappa shape index (κ3) is 4.75. The predicted octanol–water partition coefficient (Wildman–Crippen LogP) is 4.18.